The topological polar surface area (TPSA) is 67.8 Å². The van der Waals surface area contributed by atoms with Crippen LogP contribution in [-0.4, -0.2) is 25.8 Å². The summed E-state index contributed by atoms with van der Waals surface area (Å²) in [5, 5.41) is 6.43. The Morgan fingerprint density at radius 3 is 2.61 bits per heavy atom. The van der Waals surface area contributed by atoms with Crippen molar-refractivity contribution in [1.29, 1.82) is 0 Å². The van der Waals surface area contributed by atoms with Gasteiger partial charge in [-0.25, -0.2) is 9.89 Å². The number of ketones is 1. The van der Waals surface area contributed by atoms with E-state index in [-0.39, 0.29) is 16.7 Å². The van der Waals surface area contributed by atoms with Crippen LogP contribution in [0.4, 0.5) is 0 Å². The summed E-state index contributed by atoms with van der Waals surface area (Å²) in [6, 6.07) is 9.09. The first-order chi connectivity index (χ1) is 8.59. The van der Waals surface area contributed by atoms with Crippen molar-refractivity contribution in [3.05, 3.63) is 46.4 Å². The summed E-state index contributed by atoms with van der Waals surface area (Å²) in [7, 11) is 1.62. The van der Waals surface area contributed by atoms with Crippen LogP contribution in [0.15, 0.2) is 40.3 Å². The van der Waals surface area contributed by atoms with Crippen molar-refractivity contribution in [3.8, 4) is 0 Å². The molecule has 0 saturated carbocycles. The second-order valence-electron chi connectivity index (χ2n) is 3.86. The predicted octanol–water partition coefficient (Wildman–Crippen LogP) is 1.47. The molecule has 1 N–H and O–H groups in total. The van der Waals surface area contributed by atoms with Crippen molar-refractivity contribution < 1.29 is 4.79 Å². The minimum atomic E-state index is -0.290. The number of nitrogens with one attached hydrogen (secondary N) is 1. The van der Waals surface area contributed by atoms with E-state index in [1.807, 2.05) is 18.2 Å². The van der Waals surface area contributed by atoms with Gasteiger partial charge in [0.25, 0.3) is 0 Å². The third-order valence-electron chi connectivity index (χ3n) is 2.55. The van der Waals surface area contributed by atoms with Gasteiger partial charge in [-0.2, -0.15) is 0 Å². The molecule has 1 unspecified atom stereocenters. The fraction of sp³-hybridized carbons (Fsp3) is 0.250. The maximum atomic E-state index is 12.1. The highest BCUT2D eigenvalue weighted by molar-refractivity contribution is 8.00. The lowest BCUT2D eigenvalue weighted by Gasteiger charge is -2.08. The van der Waals surface area contributed by atoms with Crippen molar-refractivity contribution >= 4 is 17.5 Å². The van der Waals surface area contributed by atoms with Crippen LogP contribution in [0.3, 0.4) is 0 Å². The molecule has 0 aliphatic heterocycles. The van der Waals surface area contributed by atoms with Gasteiger partial charge in [0.15, 0.2) is 10.9 Å². The average Bonchev–Trinajstić information content (AvgIpc) is 2.71. The van der Waals surface area contributed by atoms with Crippen LogP contribution in [0.1, 0.15) is 17.3 Å². The lowest BCUT2D eigenvalue weighted by Crippen LogP contribution is -2.16. The molecule has 0 bridgehead atoms. The molecule has 94 valence electrons. The Labute approximate surface area is 108 Å². The Morgan fingerprint density at radius 2 is 2.06 bits per heavy atom. The van der Waals surface area contributed by atoms with Gasteiger partial charge in [-0.1, -0.05) is 42.1 Å². The number of hydrogen-bond donors (Lipinski definition) is 1. The fourth-order valence-electron chi connectivity index (χ4n) is 1.49. The first kappa shape index (κ1) is 12.6. The summed E-state index contributed by atoms with van der Waals surface area (Å²) >= 11 is 1.27. The summed E-state index contributed by atoms with van der Waals surface area (Å²) in [6.07, 6.45) is 0. The molecule has 2 aromatic rings. The van der Waals surface area contributed by atoms with E-state index in [0.29, 0.717) is 10.7 Å². The molecule has 0 fully saturated rings. The number of benzene rings is 1. The van der Waals surface area contributed by atoms with Gasteiger partial charge in [-0.3, -0.25) is 9.36 Å². The van der Waals surface area contributed by atoms with Crippen LogP contribution in [-0.2, 0) is 7.05 Å². The third kappa shape index (κ3) is 2.53. The van der Waals surface area contributed by atoms with Gasteiger partial charge in [0.2, 0.25) is 0 Å². The number of H-pyrrole nitrogens is 1. The minimum absolute atomic E-state index is 0.0241. The number of aromatic amines is 1. The summed E-state index contributed by atoms with van der Waals surface area (Å²) in [6.45, 7) is 1.80. The van der Waals surface area contributed by atoms with E-state index < -0.39 is 0 Å². The number of aromatic nitrogens is 3. The number of nitrogens with zero attached hydrogens (tertiary/aromatic N) is 2. The zero-order valence-electron chi connectivity index (χ0n) is 10.1. The van der Waals surface area contributed by atoms with Crippen molar-refractivity contribution in [1.82, 2.24) is 14.8 Å². The van der Waals surface area contributed by atoms with Crippen molar-refractivity contribution in [2.45, 2.75) is 17.3 Å². The van der Waals surface area contributed by atoms with E-state index in [1.54, 1.807) is 26.1 Å². The molecule has 18 heavy (non-hydrogen) atoms. The van der Waals surface area contributed by atoms with Gasteiger partial charge in [0.1, 0.15) is 0 Å². The van der Waals surface area contributed by atoms with Crippen LogP contribution < -0.4 is 5.69 Å². The molecular weight excluding hydrogens is 250 g/mol. The minimum Gasteiger partial charge on any atom is -0.293 e. The van der Waals surface area contributed by atoms with Crippen molar-refractivity contribution in [2.24, 2.45) is 7.05 Å². The Hall–Kier alpha value is -1.82. The van der Waals surface area contributed by atoms with E-state index >= 15 is 0 Å². The molecule has 1 aromatic carbocycles. The zero-order valence-corrected chi connectivity index (χ0v) is 10.9. The molecule has 1 heterocycles. The Balaban J connectivity index is 2.13. The summed E-state index contributed by atoms with van der Waals surface area (Å²) < 4.78 is 1.39. The van der Waals surface area contributed by atoms with E-state index in [2.05, 4.69) is 10.2 Å². The van der Waals surface area contributed by atoms with Gasteiger partial charge < -0.3 is 0 Å². The van der Waals surface area contributed by atoms with Crippen LogP contribution in [0, 0.1) is 0 Å². The second-order valence-corrected chi connectivity index (χ2v) is 5.17. The molecule has 6 heteroatoms. The number of Topliss-reactive ketones (excluding diaryl/α,β-unsaturated/α-hetero) is 1. The molecule has 0 aliphatic rings. The summed E-state index contributed by atoms with van der Waals surface area (Å²) in [5.41, 5.74) is 0.384. The van der Waals surface area contributed by atoms with E-state index in [9.17, 15) is 9.59 Å². The Morgan fingerprint density at radius 1 is 1.39 bits per heavy atom. The highest BCUT2D eigenvalue weighted by atomic mass is 32.2. The van der Waals surface area contributed by atoms with Crippen LogP contribution in [0.25, 0.3) is 0 Å². The molecule has 5 nitrogen and oxygen atoms in total. The lowest BCUT2D eigenvalue weighted by atomic mass is 10.1. The monoisotopic (exact) mass is 263 g/mol. The number of carbonyl (C=O) groups is 1. The summed E-state index contributed by atoms with van der Waals surface area (Å²) in [4.78, 5) is 23.3. The van der Waals surface area contributed by atoms with Crippen molar-refractivity contribution in [3.63, 3.8) is 0 Å². The smallest absolute Gasteiger partial charge is 0.293 e. The molecule has 1 atom stereocenters. The number of thioether (sulfide) groups is 1. The van der Waals surface area contributed by atoms with Crippen LogP contribution in [0.2, 0.25) is 0 Å². The van der Waals surface area contributed by atoms with Gasteiger partial charge in [0, 0.05) is 12.6 Å². The SMILES string of the molecule is CC(Sc1n[nH]c(=O)n1C)C(=O)c1ccccc1. The Bertz CT molecular complexity index is 603. The second kappa shape index (κ2) is 5.22. The molecule has 1 aromatic heterocycles. The first-order valence-electron chi connectivity index (χ1n) is 5.47. The molecule has 0 aliphatic carbocycles. The third-order valence-corrected chi connectivity index (χ3v) is 3.69. The molecular formula is C12H13N3O2S. The number of hydrogen-bond acceptors (Lipinski definition) is 4. The van der Waals surface area contributed by atoms with Gasteiger partial charge in [-0.05, 0) is 6.92 Å². The molecule has 0 spiro atoms. The maximum absolute atomic E-state index is 12.1. The highest BCUT2D eigenvalue weighted by Crippen LogP contribution is 2.22. The predicted molar refractivity (Wildman–Crippen MR) is 69.9 cm³/mol. The maximum Gasteiger partial charge on any atom is 0.343 e. The molecule has 0 radical (unpaired) electrons. The number of carbonyl (C=O) groups excluding carboxylic acids is 1. The van der Waals surface area contributed by atoms with Gasteiger partial charge >= 0.3 is 5.69 Å². The van der Waals surface area contributed by atoms with Gasteiger partial charge in [0.05, 0.1) is 5.25 Å². The quantitative estimate of drug-likeness (QED) is 0.670. The fourth-order valence-corrected chi connectivity index (χ4v) is 2.39. The largest absolute Gasteiger partial charge is 0.343 e. The normalized spacial score (nSPS) is 12.3. The van der Waals surface area contributed by atoms with Crippen LogP contribution in [0.5, 0.6) is 0 Å². The van der Waals surface area contributed by atoms with E-state index in [0.717, 1.165) is 0 Å². The standard InChI is InChI=1S/C12H13N3O2S/c1-8(10(16)9-6-4-3-5-7-9)18-12-14-13-11(17)15(12)2/h3-8H,1-2H3,(H,13,17). The first-order valence-corrected chi connectivity index (χ1v) is 6.35. The lowest BCUT2D eigenvalue weighted by molar-refractivity contribution is 0.0994. The van der Waals surface area contributed by atoms with E-state index in [1.165, 1.54) is 16.3 Å². The average molecular weight is 263 g/mol. The van der Waals surface area contributed by atoms with Crippen molar-refractivity contribution in [2.75, 3.05) is 0 Å². The Kier molecular flexibility index (Phi) is 3.66. The van der Waals surface area contributed by atoms with Crippen LogP contribution >= 0.6 is 11.8 Å². The van der Waals surface area contributed by atoms with Gasteiger partial charge in [-0.15, -0.1) is 5.10 Å². The molecule has 0 amide bonds. The highest BCUT2D eigenvalue weighted by Gasteiger charge is 2.18. The van der Waals surface area contributed by atoms with E-state index in [4.69, 9.17) is 0 Å². The molecule has 2 rings (SSSR count). The summed E-state index contributed by atoms with van der Waals surface area (Å²) in [5.74, 6) is 0.0241. The number of rotatable bonds is 4. The zero-order chi connectivity index (χ0) is 13.1. The molecule has 0 saturated heterocycles.